The number of ether oxygens (including phenoxy) is 2. The van der Waals surface area contributed by atoms with Crippen molar-refractivity contribution in [3.05, 3.63) is 18.2 Å². The van der Waals surface area contributed by atoms with Gasteiger partial charge in [0, 0.05) is 18.3 Å². The third-order valence-electron chi connectivity index (χ3n) is 1.97. The van der Waals surface area contributed by atoms with Crippen LogP contribution in [0.4, 0.5) is 5.69 Å². The number of aliphatic imine (C=N–C) groups is 1. The Morgan fingerprint density at radius 1 is 1.47 bits per heavy atom. The Morgan fingerprint density at radius 2 is 2.27 bits per heavy atom. The summed E-state index contributed by atoms with van der Waals surface area (Å²) in [6, 6.07) is 5.54. The normalized spacial score (nSPS) is 14.1. The number of benzene rings is 1. The van der Waals surface area contributed by atoms with Gasteiger partial charge in [0.25, 0.3) is 0 Å². The van der Waals surface area contributed by atoms with Gasteiger partial charge >= 0.3 is 0 Å². The van der Waals surface area contributed by atoms with Gasteiger partial charge in [-0.3, -0.25) is 4.99 Å². The second-order valence-corrected chi connectivity index (χ2v) is 3.05. The summed E-state index contributed by atoms with van der Waals surface area (Å²) in [5.74, 6) is 1.88. The zero-order valence-corrected chi connectivity index (χ0v) is 8.49. The van der Waals surface area contributed by atoms with Crippen molar-refractivity contribution < 1.29 is 9.47 Å². The lowest BCUT2D eigenvalue weighted by Crippen LogP contribution is -2.22. The van der Waals surface area contributed by atoms with Gasteiger partial charge in [0.05, 0.1) is 0 Å². The molecule has 0 unspecified atom stereocenters. The van der Waals surface area contributed by atoms with E-state index in [1.165, 1.54) is 0 Å². The number of anilines is 1. The summed E-state index contributed by atoms with van der Waals surface area (Å²) in [6.45, 7) is 2.86. The summed E-state index contributed by atoms with van der Waals surface area (Å²) < 4.78 is 10.4. The van der Waals surface area contributed by atoms with E-state index in [0.29, 0.717) is 12.5 Å². The molecule has 0 aliphatic carbocycles. The molecule has 0 atom stereocenters. The third-order valence-corrected chi connectivity index (χ3v) is 1.97. The van der Waals surface area contributed by atoms with Crippen molar-refractivity contribution in [1.82, 2.24) is 0 Å². The molecule has 2 rings (SSSR count). The van der Waals surface area contributed by atoms with Crippen molar-refractivity contribution >= 4 is 11.6 Å². The molecule has 15 heavy (non-hydrogen) atoms. The smallest absolute Gasteiger partial charge is 0.231 e. The summed E-state index contributed by atoms with van der Waals surface area (Å²) >= 11 is 0. The van der Waals surface area contributed by atoms with Crippen molar-refractivity contribution in [2.45, 2.75) is 6.92 Å². The molecule has 1 aromatic rings. The van der Waals surface area contributed by atoms with E-state index in [2.05, 4.69) is 10.3 Å². The average molecular weight is 207 g/mol. The van der Waals surface area contributed by atoms with Crippen LogP contribution < -0.4 is 20.5 Å². The first-order chi connectivity index (χ1) is 7.29. The Bertz CT molecular complexity index is 390. The summed E-state index contributed by atoms with van der Waals surface area (Å²) in [6.07, 6.45) is 0. The molecule has 0 aromatic heterocycles. The zero-order valence-electron chi connectivity index (χ0n) is 8.49. The molecule has 1 aliphatic heterocycles. The van der Waals surface area contributed by atoms with Crippen LogP contribution in [0.5, 0.6) is 11.5 Å². The Morgan fingerprint density at radius 3 is 3.07 bits per heavy atom. The number of hydrogen-bond acceptors (Lipinski definition) is 3. The molecule has 0 radical (unpaired) electrons. The number of fused-ring (bicyclic) bond motifs is 1. The van der Waals surface area contributed by atoms with E-state index < -0.39 is 0 Å². The highest BCUT2D eigenvalue weighted by Crippen LogP contribution is 2.34. The molecule has 80 valence electrons. The molecule has 0 bridgehead atoms. The fourth-order valence-corrected chi connectivity index (χ4v) is 1.33. The van der Waals surface area contributed by atoms with E-state index in [-0.39, 0.29) is 6.79 Å². The van der Waals surface area contributed by atoms with Crippen LogP contribution in [-0.4, -0.2) is 19.3 Å². The number of rotatable bonds is 2. The highest BCUT2D eigenvalue weighted by Gasteiger charge is 2.13. The molecule has 1 heterocycles. The standard InChI is InChI=1S/C10H13N3O2/c1-2-12-10(11)13-7-3-4-8-9(5-7)15-6-14-8/h3-5H,2,6H2,1H3,(H3,11,12,13). The lowest BCUT2D eigenvalue weighted by molar-refractivity contribution is 0.174. The molecule has 1 aromatic carbocycles. The molecular formula is C10H13N3O2. The van der Waals surface area contributed by atoms with Gasteiger partial charge in [-0.2, -0.15) is 0 Å². The quantitative estimate of drug-likeness (QED) is 0.564. The second kappa shape index (κ2) is 4.08. The minimum atomic E-state index is 0.275. The Labute approximate surface area is 87.9 Å². The fourth-order valence-electron chi connectivity index (χ4n) is 1.33. The van der Waals surface area contributed by atoms with Crippen LogP contribution in [0.2, 0.25) is 0 Å². The molecule has 1 aliphatic rings. The van der Waals surface area contributed by atoms with E-state index in [1.54, 1.807) is 0 Å². The number of nitrogens with two attached hydrogens (primary N) is 1. The maximum atomic E-state index is 5.63. The number of guanidine groups is 1. The molecule has 0 saturated carbocycles. The number of nitrogens with one attached hydrogen (secondary N) is 1. The predicted octanol–water partition coefficient (Wildman–Crippen LogP) is 1.16. The highest BCUT2D eigenvalue weighted by molar-refractivity contribution is 5.92. The van der Waals surface area contributed by atoms with Crippen molar-refractivity contribution in [3.63, 3.8) is 0 Å². The molecule has 5 heteroatoms. The van der Waals surface area contributed by atoms with Crippen LogP contribution in [0.3, 0.4) is 0 Å². The largest absolute Gasteiger partial charge is 0.454 e. The highest BCUT2D eigenvalue weighted by atomic mass is 16.7. The molecule has 0 amide bonds. The van der Waals surface area contributed by atoms with Crippen molar-refractivity contribution in [3.8, 4) is 11.5 Å². The van der Waals surface area contributed by atoms with Crippen LogP contribution in [0.25, 0.3) is 0 Å². The summed E-state index contributed by atoms with van der Waals surface area (Å²) in [5.41, 5.74) is 6.47. The van der Waals surface area contributed by atoms with Gasteiger partial charge in [-0.1, -0.05) is 0 Å². The zero-order chi connectivity index (χ0) is 10.7. The Kier molecular flexibility index (Phi) is 2.62. The molecule has 0 fully saturated rings. The van der Waals surface area contributed by atoms with E-state index in [4.69, 9.17) is 15.2 Å². The van der Waals surface area contributed by atoms with Gasteiger partial charge in [-0.15, -0.1) is 0 Å². The van der Waals surface area contributed by atoms with Crippen LogP contribution in [0, 0.1) is 0 Å². The van der Waals surface area contributed by atoms with Crippen molar-refractivity contribution in [1.29, 1.82) is 0 Å². The molecule has 3 N–H and O–H groups in total. The van der Waals surface area contributed by atoms with Gasteiger partial charge in [0.2, 0.25) is 6.79 Å². The van der Waals surface area contributed by atoms with Crippen LogP contribution >= 0.6 is 0 Å². The molecule has 0 saturated heterocycles. The Balaban J connectivity index is 2.13. The first-order valence-corrected chi connectivity index (χ1v) is 4.76. The topological polar surface area (TPSA) is 68.9 Å². The van der Waals surface area contributed by atoms with Gasteiger partial charge < -0.3 is 20.5 Å². The minimum absolute atomic E-state index is 0.275. The van der Waals surface area contributed by atoms with E-state index in [0.717, 1.165) is 17.2 Å². The van der Waals surface area contributed by atoms with E-state index >= 15 is 0 Å². The monoisotopic (exact) mass is 207 g/mol. The van der Waals surface area contributed by atoms with Gasteiger partial charge in [0.15, 0.2) is 17.5 Å². The summed E-state index contributed by atoms with van der Waals surface area (Å²) in [7, 11) is 0. The molecule has 0 spiro atoms. The predicted molar refractivity (Wildman–Crippen MR) is 58.4 cm³/mol. The van der Waals surface area contributed by atoms with Crippen molar-refractivity contribution in [2.24, 2.45) is 10.7 Å². The summed E-state index contributed by atoms with van der Waals surface area (Å²) in [5, 5.41) is 2.96. The van der Waals surface area contributed by atoms with Crippen LogP contribution in [0.1, 0.15) is 6.92 Å². The van der Waals surface area contributed by atoms with Crippen molar-refractivity contribution in [2.75, 3.05) is 18.7 Å². The maximum absolute atomic E-state index is 5.63. The fraction of sp³-hybridized carbons (Fsp3) is 0.300. The molecule has 5 nitrogen and oxygen atoms in total. The maximum Gasteiger partial charge on any atom is 0.231 e. The third kappa shape index (κ3) is 2.12. The first kappa shape index (κ1) is 9.64. The first-order valence-electron chi connectivity index (χ1n) is 4.76. The minimum Gasteiger partial charge on any atom is -0.454 e. The van der Waals surface area contributed by atoms with Gasteiger partial charge in [-0.05, 0) is 19.1 Å². The SMILES string of the molecule is CCN=C(N)Nc1ccc2c(c1)OCO2. The number of nitrogens with zero attached hydrogens (tertiary/aromatic N) is 1. The van der Waals surface area contributed by atoms with Crippen LogP contribution in [0.15, 0.2) is 23.2 Å². The lowest BCUT2D eigenvalue weighted by Gasteiger charge is -2.05. The Hall–Kier alpha value is -1.91. The second-order valence-electron chi connectivity index (χ2n) is 3.05. The molecular weight excluding hydrogens is 194 g/mol. The van der Waals surface area contributed by atoms with Crippen LogP contribution in [-0.2, 0) is 0 Å². The van der Waals surface area contributed by atoms with E-state index in [9.17, 15) is 0 Å². The average Bonchev–Trinajstić information content (AvgIpc) is 2.65. The van der Waals surface area contributed by atoms with Gasteiger partial charge in [-0.25, -0.2) is 0 Å². The number of hydrogen-bond donors (Lipinski definition) is 2. The summed E-state index contributed by atoms with van der Waals surface area (Å²) in [4.78, 5) is 4.02. The van der Waals surface area contributed by atoms with E-state index in [1.807, 2.05) is 25.1 Å². The van der Waals surface area contributed by atoms with Gasteiger partial charge in [0.1, 0.15) is 0 Å². The lowest BCUT2D eigenvalue weighted by atomic mass is 10.3.